The summed E-state index contributed by atoms with van der Waals surface area (Å²) in [5, 5.41) is 10.6. The van der Waals surface area contributed by atoms with Gasteiger partial charge in [-0.3, -0.25) is 0 Å². The van der Waals surface area contributed by atoms with Gasteiger partial charge in [0.05, 0.1) is 6.10 Å². The van der Waals surface area contributed by atoms with Crippen LogP contribution in [0.4, 0.5) is 0 Å². The largest absolute Gasteiger partial charge is 0.389 e. The average Bonchev–Trinajstić information content (AvgIpc) is 2.59. The fourth-order valence-corrected chi connectivity index (χ4v) is 2.84. The normalized spacial score (nSPS) is 13.0. The molecule has 23 heavy (non-hydrogen) atoms. The zero-order valence-corrected chi connectivity index (χ0v) is 14.8. The summed E-state index contributed by atoms with van der Waals surface area (Å²) in [6, 6.07) is 10.5. The van der Waals surface area contributed by atoms with E-state index in [2.05, 4.69) is 43.8 Å². The molecular formula is C22H34O. The Labute approximate surface area is 143 Å². The summed E-state index contributed by atoms with van der Waals surface area (Å²) in [6.07, 6.45) is 15.0. The highest BCUT2D eigenvalue weighted by Crippen LogP contribution is 2.19. The van der Waals surface area contributed by atoms with Gasteiger partial charge in [-0.15, -0.1) is 6.58 Å². The molecule has 1 aromatic carbocycles. The number of unbranched alkanes of at least 4 members (excludes halogenated alkanes) is 5. The molecule has 1 aromatic rings. The first-order chi connectivity index (χ1) is 11.3. The lowest BCUT2D eigenvalue weighted by molar-refractivity contribution is 0.195. The van der Waals surface area contributed by atoms with Crippen molar-refractivity contribution in [3.8, 4) is 0 Å². The number of aliphatic hydroxyl groups excluding tert-OH is 1. The third-order valence-electron chi connectivity index (χ3n) is 4.32. The molecule has 0 amide bonds. The maximum Gasteiger partial charge on any atom is 0.0753 e. The number of aryl methyl sites for hydroxylation is 1. The quantitative estimate of drug-likeness (QED) is 0.338. The molecule has 0 heterocycles. The molecule has 0 saturated carbocycles. The van der Waals surface area contributed by atoms with E-state index >= 15 is 0 Å². The summed E-state index contributed by atoms with van der Waals surface area (Å²) in [6.45, 7) is 6.01. The third kappa shape index (κ3) is 9.40. The van der Waals surface area contributed by atoms with Gasteiger partial charge < -0.3 is 5.11 Å². The standard InChI is InChI=1S/C22H34O/c1-3-5-7-12-16-21(17-13-8-6-4-2)22(23)19-18-20-14-10-9-11-15-20/h3,9-11,14-16,22-23H,1,4-8,12-13,17-19H2,2H3/b21-16+. The molecule has 0 bridgehead atoms. The van der Waals surface area contributed by atoms with Crippen LogP contribution < -0.4 is 0 Å². The summed E-state index contributed by atoms with van der Waals surface area (Å²) in [7, 11) is 0. The Kier molecular flexibility index (Phi) is 11.3. The van der Waals surface area contributed by atoms with Crippen molar-refractivity contribution >= 4 is 0 Å². The lowest BCUT2D eigenvalue weighted by atomic mass is 9.95. The van der Waals surface area contributed by atoms with Crippen LogP contribution in [0.3, 0.4) is 0 Å². The zero-order valence-electron chi connectivity index (χ0n) is 14.8. The van der Waals surface area contributed by atoms with E-state index in [9.17, 15) is 5.11 Å². The zero-order chi connectivity index (χ0) is 16.8. The third-order valence-corrected chi connectivity index (χ3v) is 4.32. The highest BCUT2D eigenvalue weighted by Gasteiger charge is 2.10. The lowest BCUT2D eigenvalue weighted by Gasteiger charge is -2.16. The van der Waals surface area contributed by atoms with Crippen LogP contribution in [0.25, 0.3) is 0 Å². The first kappa shape index (κ1) is 19.7. The molecule has 1 nitrogen and oxygen atoms in total. The number of rotatable bonds is 13. The number of aliphatic hydroxyl groups is 1. The van der Waals surface area contributed by atoms with Gasteiger partial charge in [0.25, 0.3) is 0 Å². The van der Waals surface area contributed by atoms with E-state index in [1.807, 2.05) is 12.1 Å². The molecule has 1 unspecified atom stereocenters. The molecule has 1 N–H and O–H groups in total. The molecule has 0 aliphatic rings. The first-order valence-electron chi connectivity index (χ1n) is 9.29. The van der Waals surface area contributed by atoms with Crippen LogP contribution in [0.2, 0.25) is 0 Å². The summed E-state index contributed by atoms with van der Waals surface area (Å²) < 4.78 is 0. The van der Waals surface area contributed by atoms with Gasteiger partial charge in [0.1, 0.15) is 0 Å². The van der Waals surface area contributed by atoms with E-state index in [0.717, 1.165) is 38.5 Å². The Bertz CT molecular complexity index is 433. The van der Waals surface area contributed by atoms with E-state index in [4.69, 9.17) is 0 Å². The van der Waals surface area contributed by atoms with Gasteiger partial charge in [-0.25, -0.2) is 0 Å². The first-order valence-corrected chi connectivity index (χ1v) is 9.29. The van der Waals surface area contributed by atoms with Gasteiger partial charge >= 0.3 is 0 Å². The van der Waals surface area contributed by atoms with Crippen molar-refractivity contribution in [2.24, 2.45) is 0 Å². The van der Waals surface area contributed by atoms with Gasteiger partial charge in [-0.05, 0) is 56.1 Å². The highest BCUT2D eigenvalue weighted by atomic mass is 16.3. The van der Waals surface area contributed by atoms with Crippen molar-refractivity contribution < 1.29 is 5.11 Å². The summed E-state index contributed by atoms with van der Waals surface area (Å²) in [5.41, 5.74) is 2.56. The maximum atomic E-state index is 10.6. The summed E-state index contributed by atoms with van der Waals surface area (Å²) in [4.78, 5) is 0. The van der Waals surface area contributed by atoms with Crippen molar-refractivity contribution in [3.05, 3.63) is 60.2 Å². The fraction of sp³-hybridized carbons (Fsp3) is 0.545. The second-order valence-corrected chi connectivity index (χ2v) is 6.35. The second kappa shape index (κ2) is 13.1. The van der Waals surface area contributed by atoms with Gasteiger partial charge in [-0.1, -0.05) is 68.7 Å². The van der Waals surface area contributed by atoms with Gasteiger partial charge in [-0.2, -0.15) is 0 Å². The van der Waals surface area contributed by atoms with Gasteiger partial charge in [0.2, 0.25) is 0 Å². The minimum Gasteiger partial charge on any atom is -0.389 e. The van der Waals surface area contributed by atoms with Crippen molar-refractivity contribution in [1.29, 1.82) is 0 Å². The molecule has 0 aromatic heterocycles. The van der Waals surface area contributed by atoms with E-state index in [0.29, 0.717) is 0 Å². The molecule has 1 atom stereocenters. The van der Waals surface area contributed by atoms with Crippen molar-refractivity contribution in [2.75, 3.05) is 0 Å². The van der Waals surface area contributed by atoms with Crippen LogP contribution in [-0.2, 0) is 6.42 Å². The van der Waals surface area contributed by atoms with Crippen molar-refractivity contribution in [1.82, 2.24) is 0 Å². The summed E-state index contributed by atoms with van der Waals surface area (Å²) in [5.74, 6) is 0. The van der Waals surface area contributed by atoms with Gasteiger partial charge in [0.15, 0.2) is 0 Å². The molecule has 0 fully saturated rings. The Morgan fingerprint density at radius 1 is 1.09 bits per heavy atom. The maximum absolute atomic E-state index is 10.6. The van der Waals surface area contributed by atoms with Crippen LogP contribution in [0.1, 0.15) is 70.3 Å². The number of allylic oxidation sites excluding steroid dienone is 2. The van der Waals surface area contributed by atoms with Crippen LogP contribution in [0.15, 0.2) is 54.6 Å². The van der Waals surface area contributed by atoms with Crippen LogP contribution >= 0.6 is 0 Å². The van der Waals surface area contributed by atoms with Crippen LogP contribution in [0, 0.1) is 0 Å². The molecule has 0 radical (unpaired) electrons. The Morgan fingerprint density at radius 3 is 2.57 bits per heavy atom. The molecule has 128 valence electrons. The average molecular weight is 315 g/mol. The molecule has 0 aliphatic carbocycles. The fourth-order valence-electron chi connectivity index (χ4n) is 2.84. The highest BCUT2D eigenvalue weighted by molar-refractivity contribution is 5.16. The van der Waals surface area contributed by atoms with Crippen LogP contribution in [-0.4, -0.2) is 11.2 Å². The van der Waals surface area contributed by atoms with E-state index in [1.165, 1.54) is 36.8 Å². The van der Waals surface area contributed by atoms with Crippen LogP contribution in [0.5, 0.6) is 0 Å². The van der Waals surface area contributed by atoms with E-state index in [-0.39, 0.29) is 6.10 Å². The predicted molar refractivity (Wildman–Crippen MR) is 102 cm³/mol. The van der Waals surface area contributed by atoms with E-state index < -0.39 is 0 Å². The number of hydrogen-bond acceptors (Lipinski definition) is 1. The Hall–Kier alpha value is -1.34. The number of benzene rings is 1. The second-order valence-electron chi connectivity index (χ2n) is 6.35. The summed E-state index contributed by atoms with van der Waals surface area (Å²) >= 11 is 0. The molecule has 1 heteroatoms. The number of hydrogen-bond donors (Lipinski definition) is 1. The SMILES string of the molecule is C=CCCC/C=C(\CCCCCC)C(O)CCc1ccccc1. The predicted octanol–water partition coefficient (Wildman–Crippen LogP) is 6.23. The van der Waals surface area contributed by atoms with Crippen molar-refractivity contribution in [3.63, 3.8) is 0 Å². The Balaban J connectivity index is 2.48. The smallest absolute Gasteiger partial charge is 0.0753 e. The molecule has 0 saturated heterocycles. The van der Waals surface area contributed by atoms with Crippen molar-refractivity contribution in [2.45, 2.75) is 77.2 Å². The molecule has 0 aliphatic heterocycles. The minimum absolute atomic E-state index is 0.291. The van der Waals surface area contributed by atoms with Gasteiger partial charge in [0, 0.05) is 0 Å². The topological polar surface area (TPSA) is 20.2 Å². The monoisotopic (exact) mass is 314 g/mol. The molecular weight excluding hydrogens is 280 g/mol. The minimum atomic E-state index is -0.291. The molecule has 1 rings (SSSR count). The Morgan fingerprint density at radius 2 is 1.87 bits per heavy atom. The molecule has 0 spiro atoms. The van der Waals surface area contributed by atoms with E-state index in [1.54, 1.807) is 0 Å². The lowest BCUT2D eigenvalue weighted by Crippen LogP contribution is -2.12.